The van der Waals surface area contributed by atoms with Crippen molar-refractivity contribution in [1.82, 2.24) is 4.90 Å². The third-order valence-corrected chi connectivity index (χ3v) is 3.99. The van der Waals surface area contributed by atoms with Crippen molar-refractivity contribution in [2.75, 3.05) is 7.05 Å². The molecule has 0 aromatic heterocycles. The maximum atomic E-state index is 6.30. The molecule has 14 heavy (non-hydrogen) atoms. The molecule has 3 heteroatoms. The van der Waals surface area contributed by atoms with Crippen LogP contribution < -0.4 is 0 Å². The van der Waals surface area contributed by atoms with Crippen molar-refractivity contribution in [3.05, 3.63) is 32.3 Å². The van der Waals surface area contributed by atoms with Crippen molar-refractivity contribution < 1.29 is 0 Å². The number of nitrogens with zero attached hydrogens (tertiary/aromatic N) is 1. The molecule has 1 nitrogen and oxygen atoms in total. The number of fused-ring (bicyclic) bond motifs is 1. The molecule has 1 heterocycles. The number of benzene rings is 1. The summed E-state index contributed by atoms with van der Waals surface area (Å²) in [4.78, 5) is 2.22. The van der Waals surface area contributed by atoms with Gasteiger partial charge in [0.05, 0.1) is 0 Å². The predicted octanol–water partition coefficient (Wildman–Crippen LogP) is 3.56. The van der Waals surface area contributed by atoms with Crippen LogP contribution in [0.3, 0.4) is 0 Å². The van der Waals surface area contributed by atoms with Gasteiger partial charge in [-0.3, -0.25) is 4.90 Å². The predicted molar refractivity (Wildman–Crippen MR) is 61.1 cm³/mol. The molecule has 0 atom stereocenters. The van der Waals surface area contributed by atoms with Gasteiger partial charge in [-0.25, -0.2) is 0 Å². The smallest absolute Gasteiger partial charge is 0.0487 e. The number of halogens is 2. The minimum Gasteiger partial charge on any atom is -0.298 e. The number of hydrogen-bond acceptors (Lipinski definition) is 1. The summed E-state index contributed by atoms with van der Waals surface area (Å²) in [6.45, 7) is 5.88. The van der Waals surface area contributed by atoms with Crippen LogP contribution in [0, 0.1) is 13.8 Å². The largest absolute Gasteiger partial charge is 0.298 e. The first kappa shape index (κ1) is 10.3. The summed E-state index contributed by atoms with van der Waals surface area (Å²) < 4.78 is 0. The molecule has 0 radical (unpaired) electrons. The SMILES string of the molecule is Cc1c(C)c(Cl)c2c(c1Cl)CN(C)C2. The van der Waals surface area contributed by atoms with Crippen molar-refractivity contribution in [1.29, 1.82) is 0 Å². The summed E-state index contributed by atoms with van der Waals surface area (Å²) in [5, 5.41) is 1.79. The van der Waals surface area contributed by atoms with Gasteiger partial charge in [-0.2, -0.15) is 0 Å². The Labute approximate surface area is 94.6 Å². The first-order valence-electron chi connectivity index (χ1n) is 4.66. The second-order valence-corrected chi connectivity index (χ2v) is 4.76. The molecule has 0 saturated carbocycles. The van der Waals surface area contributed by atoms with Gasteiger partial charge in [-0.1, -0.05) is 23.2 Å². The molecular weight excluding hydrogens is 217 g/mol. The normalized spacial score (nSPS) is 16.1. The second kappa shape index (κ2) is 3.41. The zero-order valence-corrected chi connectivity index (χ0v) is 10.1. The second-order valence-electron chi connectivity index (χ2n) is 4.01. The molecule has 0 fully saturated rings. The fraction of sp³-hybridized carbons (Fsp3) is 0.455. The Bertz CT molecular complexity index is 362. The molecule has 1 aromatic carbocycles. The molecule has 1 aromatic rings. The van der Waals surface area contributed by atoms with Gasteiger partial charge >= 0.3 is 0 Å². The van der Waals surface area contributed by atoms with Crippen LogP contribution in [0.2, 0.25) is 10.0 Å². The van der Waals surface area contributed by atoms with Gasteiger partial charge in [0.25, 0.3) is 0 Å². The summed E-state index contributed by atoms with van der Waals surface area (Å²) in [7, 11) is 2.08. The summed E-state index contributed by atoms with van der Waals surface area (Å²) in [6, 6.07) is 0. The van der Waals surface area contributed by atoms with Crippen LogP contribution >= 0.6 is 23.2 Å². The van der Waals surface area contributed by atoms with Crippen molar-refractivity contribution in [2.45, 2.75) is 26.9 Å². The molecular formula is C11H13Cl2N. The van der Waals surface area contributed by atoms with E-state index in [4.69, 9.17) is 23.2 Å². The molecule has 76 valence electrons. The van der Waals surface area contributed by atoms with E-state index in [2.05, 4.69) is 11.9 Å². The molecule has 1 aliphatic heterocycles. The first-order chi connectivity index (χ1) is 6.52. The highest BCUT2D eigenvalue weighted by Crippen LogP contribution is 2.38. The van der Waals surface area contributed by atoms with Crippen LogP contribution in [0.4, 0.5) is 0 Å². The third-order valence-electron chi connectivity index (χ3n) is 2.97. The van der Waals surface area contributed by atoms with E-state index < -0.39 is 0 Å². The monoisotopic (exact) mass is 229 g/mol. The van der Waals surface area contributed by atoms with E-state index in [0.29, 0.717) is 0 Å². The average Bonchev–Trinajstić information content (AvgIpc) is 2.54. The lowest BCUT2D eigenvalue weighted by Crippen LogP contribution is -2.07. The standard InChI is InChI=1S/C11H13Cl2N/c1-6-7(2)11(13)9-5-14(3)4-8(9)10(6)12/h4-5H2,1-3H3. The van der Waals surface area contributed by atoms with Crippen LogP contribution in [0.15, 0.2) is 0 Å². The molecule has 0 aliphatic carbocycles. The summed E-state index contributed by atoms with van der Waals surface area (Å²) in [5.41, 5.74) is 4.65. The van der Waals surface area contributed by atoms with Crippen molar-refractivity contribution >= 4 is 23.2 Å². The van der Waals surface area contributed by atoms with Crippen LogP contribution in [-0.2, 0) is 13.1 Å². The molecule has 2 rings (SSSR count). The molecule has 0 N–H and O–H groups in total. The number of hydrogen-bond donors (Lipinski definition) is 0. The zero-order valence-electron chi connectivity index (χ0n) is 8.62. The molecule has 0 amide bonds. The molecule has 0 spiro atoms. The van der Waals surface area contributed by atoms with E-state index in [1.54, 1.807) is 0 Å². The van der Waals surface area contributed by atoms with E-state index in [-0.39, 0.29) is 0 Å². The van der Waals surface area contributed by atoms with E-state index >= 15 is 0 Å². The Hall–Kier alpha value is -0.240. The van der Waals surface area contributed by atoms with Gasteiger partial charge in [0.2, 0.25) is 0 Å². The van der Waals surface area contributed by atoms with E-state index in [9.17, 15) is 0 Å². The highest BCUT2D eigenvalue weighted by atomic mass is 35.5. The maximum absolute atomic E-state index is 6.30. The Kier molecular flexibility index (Phi) is 2.50. The lowest BCUT2D eigenvalue weighted by atomic mass is 10.0. The van der Waals surface area contributed by atoms with Gasteiger partial charge in [0.15, 0.2) is 0 Å². The minimum atomic E-state index is 0.895. The Balaban J connectivity index is 2.70. The molecule has 0 bridgehead atoms. The lowest BCUT2D eigenvalue weighted by Gasteiger charge is -2.11. The molecule has 1 aliphatic rings. The van der Waals surface area contributed by atoms with Crippen LogP contribution in [0.25, 0.3) is 0 Å². The Morgan fingerprint density at radius 2 is 1.29 bits per heavy atom. The van der Waals surface area contributed by atoms with Gasteiger partial charge in [-0.05, 0) is 43.1 Å². The fourth-order valence-electron chi connectivity index (χ4n) is 1.97. The summed E-state index contributed by atoms with van der Waals surface area (Å²) in [5.74, 6) is 0. The van der Waals surface area contributed by atoms with Crippen LogP contribution in [0.1, 0.15) is 22.3 Å². The first-order valence-corrected chi connectivity index (χ1v) is 5.42. The highest BCUT2D eigenvalue weighted by molar-refractivity contribution is 6.35. The van der Waals surface area contributed by atoms with Crippen molar-refractivity contribution in [3.63, 3.8) is 0 Å². The third kappa shape index (κ3) is 1.35. The van der Waals surface area contributed by atoms with Gasteiger partial charge < -0.3 is 0 Å². The van der Waals surface area contributed by atoms with E-state index in [0.717, 1.165) is 34.3 Å². The molecule has 0 saturated heterocycles. The van der Waals surface area contributed by atoms with Crippen LogP contribution in [-0.4, -0.2) is 11.9 Å². The molecule has 0 unspecified atom stereocenters. The van der Waals surface area contributed by atoms with E-state index in [1.807, 2.05) is 13.8 Å². The minimum absolute atomic E-state index is 0.895. The van der Waals surface area contributed by atoms with Gasteiger partial charge in [0.1, 0.15) is 0 Å². The topological polar surface area (TPSA) is 3.24 Å². The highest BCUT2D eigenvalue weighted by Gasteiger charge is 2.24. The van der Waals surface area contributed by atoms with Crippen molar-refractivity contribution in [2.24, 2.45) is 0 Å². The van der Waals surface area contributed by atoms with Gasteiger partial charge in [-0.15, -0.1) is 0 Å². The average molecular weight is 230 g/mol. The summed E-state index contributed by atoms with van der Waals surface area (Å²) in [6.07, 6.45) is 0. The van der Waals surface area contributed by atoms with Crippen LogP contribution in [0.5, 0.6) is 0 Å². The summed E-state index contributed by atoms with van der Waals surface area (Å²) >= 11 is 12.6. The lowest BCUT2D eigenvalue weighted by molar-refractivity contribution is 0.353. The quantitative estimate of drug-likeness (QED) is 0.658. The zero-order chi connectivity index (χ0) is 10.5. The van der Waals surface area contributed by atoms with Gasteiger partial charge in [0, 0.05) is 23.1 Å². The Morgan fingerprint density at radius 1 is 0.929 bits per heavy atom. The number of rotatable bonds is 0. The fourth-order valence-corrected chi connectivity index (χ4v) is 2.60. The Morgan fingerprint density at radius 3 is 1.64 bits per heavy atom. The van der Waals surface area contributed by atoms with Crippen molar-refractivity contribution in [3.8, 4) is 0 Å². The van der Waals surface area contributed by atoms with E-state index in [1.165, 1.54) is 11.1 Å². The maximum Gasteiger partial charge on any atom is 0.0487 e.